The van der Waals surface area contributed by atoms with Crippen molar-refractivity contribution in [3.05, 3.63) is 41.4 Å². The van der Waals surface area contributed by atoms with Crippen LogP contribution in [0.2, 0.25) is 0 Å². The Kier molecular flexibility index (Phi) is 5.86. The van der Waals surface area contributed by atoms with Crippen LogP contribution >= 0.6 is 35.3 Å². The molecule has 7 heteroatoms. The Labute approximate surface area is 155 Å². The number of nitrogens with zero attached hydrogens (tertiary/aromatic N) is 3. The zero-order valence-electron chi connectivity index (χ0n) is 13.5. The summed E-state index contributed by atoms with van der Waals surface area (Å²) >= 11 is 8.63. The molecule has 0 N–H and O–H groups in total. The fourth-order valence-corrected chi connectivity index (χ4v) is 4.73. The largest absolute Gasteiger partial charge is 0.358 e. The highest BCUT2D eigenvalue weighted by molar-refractivity contribution is 8.22. The highest BCUT2D eigenvalue weighted by Gasteiger charge is 2.19. The number of benzene rings is 1. The number of rotatable bonds is 4. The molecule has 0 unspecified atom stereocenters. The van der Waals surface area contributed by atoms with Gasteiger partial charge in [0, 0.05) is 31.1 Å². The number of likely N-dealkylation sites (tertiary alicyclic amines) is 1. The average molecular weight is 378 g/mol. The van der Waals surface area contributed by atoms with Gasteiger partial charge in [0.1, 0.15) is 4.32 Å². The molecule has 1 saturated heterocycles. The van der Waals surface area contributed by atoms with E-state index in [1.54, 1.807) is 23.6 Å². The van der Waals surface area contributed by atoms with E-state index in [4.69, 9.17) is 12.2 Å². The second-order valence-electron chi connectivity index (χ2n) is 5.56. The van der Waals surface area contributed by atoms with Crippen LogP contribution in [0.4, 0.5) is 10.8 Å². The summed E-state index contributed by atoms with van der Waals surface area (Å²) < 4.78 is 0.952. The molecule has 0 spiro atoms. The van der Waals surface area contributed by atoms with Crippen LogP contribution in [0.15, 0.2) is 35.7 Å². The number of thioether (sulfide) groups is 1. The van der Waals surface area contributed by atoms with Crippen molar-refractivity contribution in [1.82, 2.24) is 9.88 Å². The van der Waals surface area contributed by atoms with E-state index in [0.29, 0.717) is 5.13 Å². The summed E-state index contributed by atoms with van der Waals surface area (Å²) in [6, 6.07) is 9.61. The lowest BCUT2D eigenvalue weighted by molar-refractivity contribution is -0.115. The molecule has 0 atom stereocenters. The topological polar surface area (TPSA) is 36.4 Å². The van der Waals surface area contributed by atoms with Crippen molar-refractivity contribution in [2.24, 2.45) is 0 Å². The number of carbonyl (C=O) groups is 1. The van der Waals surface area contributed by atoms with Gasteiger partial charge in [-0.1, -0.05) is 42.2 Å². The Balaban J connectivity index is 1.67. The molecular weight excluding hydrogens is 358 g/mol. The molecular formula is C17H19N3OS3. The first-order valence-electron chi connectivity index (χ1n) is 7.87. The van der Waals surface area contributed by atoms with Gasteiger partial charge in [0.25, 0.3) is 0 Å². The molecule has 2 aromatic rings. The van der Waals surface area contributed by atoms with Gasteiger partial charge in [-0.2, -0.15) is 0 Å². The molecule has 1 aromatic carbocycles. The molecule has 1 aliphatic heterocycles. The quantitative estimate of drug-likeness (QED) is 0.736. The smallest absolute Gasteiger partial charge is 0.230 e. The molecule has 126 valence electrons. The highest BCUT2D eigenvalue weighted by atomic mass is 32.2. The van der Waals surface area contributed by atoms with Crippen molar-refractivity contribution in [1.29, 1.82) is 0 Å². The molecule has 0 aliphatic carbocycles. The number of thiazole rings is 1. The molecule has 0 saturated carbocycles. The number of anilines is 2. The van der Waals surface area contributed by atoms with Crippen molar-refractivity contribution in [2.75, 3.05) is 18.0 Å². The SMILES string of the molecule is CC(=O)N(c1ccccc1)c1nc(CSC(=S)N2CCCC2)cs1. The molecule has 1 aromatic heterocycles. The van der Waals surface area contributed by atoms with Crippen molar-refractivity contribution in [3.63, 3.8) is 0 Å². The standard InChI is InChI=1S/C17H19N3OS3/c1-13(21)20(15-7-3-2-4-8-15)16-18-14(11-23-16)12-24-17(22)19-9-5-6-10-19/h2-4,7-8,11H,5-6,9-10,12H2,1H3. The summed E-state index contributed by atoms with van der Waals surface area (Å²) in [5, 5.41) is 2.71. The maximum atomic E-state index is 12.1. The maximum Gasteiger partial charge on any atom is 0.230 e. The summed E-state index contributed by atoms with van der Waals surface area (Å²) in [7, 11) is 0. The first-order chi connectivity index (χ1) is 11.6. The van der Waals surface area contributed by atoms with Gasteiger partial charge in [-0.3, -0.25) is 9.69 Å². The van der Waals surface area contributed by atoms with E-state index >= 15 is 0 Å². The first kappa shape index (κ1) is 17.4. The molecule has 2 heterocycles. The summed E-state index contributed by atoms with van der Waals surface area (Å²) in [5.74, 6) is 0.703. The summed E-state index contributed by atoms with van der Waals surface area (Å²) in [6.45, 7) is 3.70. The lowest BCUT2D eigenvalue weighted by Crippen LogP contribution is -2.23. The Morgan fingerprint density at radius 1 is 1.33 bits per heavy atom. The van der Waals surface area contributed by atoms with Crippen LogP contribution in [0.25, 0.3) is 0 Å². The zero-order chi connectivity index (χ0) is 16.9. The third-order valence-corrected chi connectivity index (χ3v) is 6.20. The van der Waals surface area contributed by atoms with E-state index < -0.39 is 0 Å². The third kappa shape index (κ3) is 4.15. The Hall–Kier alpha value is -1.44. The summed E-state index contributed by atoms with van der Waals surface area (Å²) in [6.07, 6.45) is 2.46. The van der Waals surface area contributed by atoms with E-state index in [-0.39, 0.29) is 5.91 Å². The number of para-hydroxylation sites is 1. The predicted molar refractivity (Wildman–Crippen MR) is 106 cm³/mol. The number of aromatic nitrogens is 1. The molecule has 3 rings (SSSR count). The van der Waals surface area contributed by atoms with E-state index in [9.17, 15) is 4.79 Å². The normalized spacial score (nSPS) is 14.0. The minimum atomic E-state index is -0.0395. The van der Waals surface area contributed by atoms with Gasteiger partial charge >= 0.3 is 0 Å². The average Bonchev–Trinajstić information content (AvgIpc) is 3.26. The van der Waals surface area contributed by atoms with Gasteiger partial charge in [-0.25, -0.2) is 4.98 Å². The highest BCUT2D eigenvalue weighted by Crippen LogP contribution is 2.30. The van der Waals surface area contributed by atoms with Gasteiger partial charge in [-0.05, 0) is 25.0 Å². The van der Waals surface area contributed by atoms with Gasteiger partial charge in [-0.15, -0.1) is 11.3 Å². The molecule has 1 aliphatic rings. The maximum absolute atomic E-state index is 12.1. The fourth-order valence-electron chi connectivity index (χ4n) is 2.60. The van der Waals surface area contributed by atoms with Crippen LogP contribution in [0.5, 0.6) is 0 Å². The lowest BCUT2D eigenvalue weighted by Gasteiger charge is -2.18. The van der Waals surface area contributed by atoms with Gasteiger partial charge in [0.05, 0.1) is 11.4 Å². The predicted octanol–water partition coefficient (Wildman–Crippen LogP) is 4.44. The van der Waals surface area contributed by atoms with Gasteiger partial charge < -0.3 is 4.90 Å². The van der Waals surface area contributed by atoms with Crippen molar-refractivity contribution in [2.45, 2.75) is 25.5 Å². The van der Waals surface area contributed by atoms with Crippen LogP contribution in [-0.4, -0.2) is 33.2 Å². The van der Waals surface area contributed by atoms with Crippen LogP contribution in [0, 0.1) is 0 Å². The Bertz CT molecular complexity index is 711. The molecule has 0 bridgehead atoms. The van der Waals surface area contributed by atoms with Crippen molar-refractivity contribution >= 4 is 56.4 Å². The molecule has 0 radical (unpaired) electrons. The third-order valence-electron chi connectivity index (χ3n) is 3.77. The van der Waals surface area contributed by atoms with Crippen LogP contribution in [0.1, 0.15) is 25.5 Å². The Morgan fingerprint density at radius 2 is 2.04 bits per heavy atom. The van der Waals surface area contributed by atoms with E-state index in [1.807, 2.05) is 35.7 Å². The molecule has 1 amide bonds. The number of hydrogen-bond acceptors (Lipinski definition) is 5. The minimum absolute atomic E-state index is 0.0395. The van der Waals surface area contributed by atoms with E-state index in [0.717, 1.165) is 34.5 Å². The molecule has 4 nitrogen and oxygen atoms in total. The minimum Gasteiger partial charge on any atom is -0.358 e. The molecule has 24 heavy (non-hydrogen) atoms. The molecule has 1 fully saturated rings. The van der Waals surface area contributed by atoms with Gasteiger partial charge in [0.2, 0.25) is 5.91 Å². The first-order valence-corrected chi connectivity index (χ1v) is 10.1. The monoisotopic (exact) mass is 377 g/mol. The van der Waals surface area contributed by atoms with E-state index in [1.165, 1.54) is 24.2 Å². The summed E-state index contributed by atoms with van der Waals surface area (Å²) in [4.78, 5) is 20.6. The van der Waals surface area contributed by atoms with Crippen LogP contribution < -0.4 is 4.90 Å². The second-order valence-corrected chi connectivity index (χ2v) is 8.01. The number of amides is 1. The second kappa shape index (κ2) is 8.09. The lowest BCUT2D eigenvalue weighted by atomic mass is 10.3. The van der Waals surface area contributed by atoms with Crippen molar-refractivity contribution in [3.8, 4) is 0 Å². The van der Waals surface area contributed by atoms with Crippen LogP contribution in [-0.2, 0) is 10.5 Å². The Morgan fingerprint density at radius 3 is 2.71 bits per heavy atom. The van der Waals surface area contributed by atoms with Gasteiger partial charge in [0.15, 0.2) is 5.13 Å². The summed E-state index contributed by atoms with van der Waals surface area (Å²) in [5.41, 5.74) is 1.80. The van der Waals surface area contributed by atoms with E-state index in [2.05, 4.69) is 9.88 Å². The van der Waals surface area contributed by atoms with Crippen LogP contribution in [0.3, 0.4) is 0 Å². The van der Waals surface area contributed by atoms with Crippen molar-refractivity contribution < 1.29 is 4.79 Å². The number of hydrogen-bond donors (Lipinski definition) is 0. The zero-order valence-corrected chi connectivity index (χ0v) is 15.9. The number of thiocarbonyl (C=S) groups is 1. The fraction of sp³-hybridized carbons (Fsp3) is 0.353. The number of carbonyl (C=O) groups excluding carboxylic acids is 1.